The molecule has 1 amide bonds. The summed E-state index contributed by atoms with van der Waals surface area (Å²) in [5.74, 6) is -0.211. The molecular formula is C3H12GeNO4. The fourth-order valence-corrected chi connectivity index (χ4v) is 0.640. The molecule has 0 atom stereocenters. The first kappa shape index (κ1) is 23.1. The fourth-order valence-electron chi connectivity index (χ4n) is 0.123. The maximum Gasteiger partial charge on any atom is -0.412 e. The minimum absolute atomic E-state index is 0. The Hall–Kier alpha value is -0.107. The smallest absolute Gasteiger partial charge is 0.412 e. The van der Waals surface area contributed by atoms with E-state index in [0.29, 0.717) is 6.42 Å². The van der Waals surface area contributed by atoms with Crippen molar-refractivity contribution in [1.82, 2.24) is 0 Å². The Labute approximate surface area is 61.8 Å². The van der Waals surface area contributed by atoms with Gasteiger partial charge in [-0.2, -0.15) is 0 Å². The molecule has 0 unspecified atom stereocenters. The zero-order valence-corrected chi connectivity index (χ0v) is 7.00. The Balaban J connectivity index is -0.0000000417. The third-order valence-corrected chi connectivity index (χ3v) is 0.896. The van der Waals surface area contributed by atoms with Crippen molar-refractivity contribution in [1.29, 1.82) is 0 Å². The van der Waals surface area contributed by atoms with Crippen molar-refractivity contribution in [3.8, 4) is 0 Å². The molecule has 9 heavy (non-hydrogen) atoms. The maximum absolute atomic E-state index is 9.82. The van der Waals surface area contributed by atoms with E-state index in [9.17, 15) is 4.79 Å². The number of hydrogen-bond acceptors (Lipinski definition) is 1. The summed E-state index contributed by atoms with van der Waals surface area (Å²) in [5, 5.41) is 0.856. The van der Waals surface area contributed by atoms with Gasteiger partial charge in [0.15, 0.2) is 0 Å². The number of rotatable bonds is 2. The Morgan fingerprint density at radius 3 is 1.67 bits per heavy atom. The second-order valence-corrected chi connectivity index (χ2v) is 2.02. The van der Waals surface area contributed by atoms with Gasteiger partial charge < -0.3 is 16.4 Å². The normalized spacial score (nSPS) is 5.44. The van der Waals surface area contributed by atoms with Crippen LogP contribution < -0.4 is 5.73 Å². The molecule has 0 saturated heterocycles. The van der Waals surface area contributed by atoms with Gasteiger partial charge in [-0.15, -0.1) is 0 Å². The van der Waals surface area contributed by atoms with Gasteiger partial charge in [0.2, 0.25) is 0 Å². The zero-order chi connectivity index (χ0) is 4.99. The Morgan fingerprint density at radius 1 is 1.33 bits per heavy atom. The molecule has 6 heteroatoms. The molecule has 0 aromatic carbocycles. The fraction of sp³-hybridized carbons (Fsp3) is 0.667. The van der Waals surface area contributed by atoms with Gasteiger partial charge in [0.1, 0.15) is 0 Å². The van der Waals surface area contributed by atoms with Crippen LogP contribution in [0, 0.1) is 0 Å². The summed E-state index contributed by atoms with van der Waals surface area (Å²) in [6.45, 7) is 0. The molecule has 0 saturated carbocycles. The van der Waals surface area contributed by atoms with E-state index < -0.39 is 0 Å². The van der Waals surface area contributed by atoms with Gasteiger partial charge in [-0.1, -0.05) is 0 Å². The molecule has 0 bridgehead atoms. The number of primary amides is 1. The van der Waals surface area contributed by atoms with Gasteiger partial charge in [0.25, 0.3) is 0 Å². The van der Waals surface area contributed by atoms with Crippen molar-refractivity contribution in [2.24, 2.45) is 5.73 Å². The van der Waals surface area contributed by atoms with Crippen LogP contribution in [0.1, 0.15) is 6.42 Å². The molecule has 0 heterocycles. The van der Waals surface area contributed by atoms with Crippen LogP contribution in [0.15, 0.2) is 0 Å². The van der Waals surface area contributed by atoms with Crippen LogP contribution in [0.3, 0.4) is 0 Å². The van der Waals surface area contributed by atoms with Crippen molar-refractivity contribution in [3.05, 3.63) is 0 Å². The Morgan fingerprint density at radius 2 is 1.67 bits per heavy atom. The molecule has 8 N–H and O–H groups in total. The van der Waals surface area contributed by atoms with Crippen LogP contribution in [-0.2, 0) is 4.79 Å². The molecule has 0 aromatic rings. The van der Waals surface area contributed by atoms with E-state index in [1.807, 2.05) is 16.5 Å². The van der Waals surface area contributed by atoms with E-state index in [4.69, 9.17) is 5.73 Å². The van der Waals surface area contributed by atoms with Crippen molar-refractivity contribution < 1.29 is 21.2 Å². The van der Waals surface area contributed by atoms with Crippen LogP contribution in [0.4, 0.5) is 0 Å². The summed E-state index contributed by atoms with van der Waals surface area (Å²) in [5.41, 5.74) is 4.76. The molecule has 57 valence electrons. The van der Waals surface area contributed by atoms with Crippen LogP contribution >= 0.6 is 0 Å². The van der Waals surface area contributed by atoms with Gasteiger partial charge in [0.05, 0.1) is 0 Å². The number of carbonyl (C=O) groups excluding carboxylic acids is 1. The maximum atomic E-state index is 9.82. The quantitative estimate of drug-likeness (QED) is 0.464. The monoisotopic (exact) mass is 200 g/mol. The van der Waals surface area contributed by atoms with Gasteiger partial charge in [-0.05, 0) is 0 Å². The summed E-state index contributed by atoms with van der Waals surface area (Å²) in [7, 11) is 0. The van der Waals surface area contributed by atoms with E-state index in [-0.39, 0.29) is 22.3 Å². The van der Waals surface area contributed by atoms with Crippen LogP contribution in [0.5, 0.6) is 0 Å². The number of amides is 1. The third-order valence-electron chi connectivity index (χ3n) is 0.371. The summed E-state index contributed by atoms with van der Waals surface area (Å²) in [6, 6.07) is 0. The van der Waals surface area contributed by atoms with E-state index >= 15 is 0 Å². The molecule has 0 fully saturated rings. The summed E-state index contributed by atoms with van der Waals surface area (Å²) < 4.78 is 0. The number of hydrogen-bond donors (Lipinski definition) is 1. The van der Waals surface area contributed by atoms with Crippen LogP contribution in [0.2, 0.25) is 5.25 Å². The third kappa shape index (κ3) is 32.8. The summed E-state index contributed by atoms with van der Waals surface area (Å²) >= 11 is 1.92. The SMILES string of the molecule is NC(=O)C[CH2][Ge].O.O.O. The van der Waals surface area contributed by atoms with Crippen LogP contribution in [-0.4, -0.2) is 38.8 Å². The molecule has 0 aromatic heterocycles. The predicted molar refractivity (Wildman–Crippen MR) is 35.2 cm³/mol. The summed E-state index contributed by atoms with van der Waals surface area (Å²) in [6.07, 6.45) is 0.514. The molecule has 0 rings (SSSR count). The molecule has 0 aliphatic heterocycles. The second kappa shape index (κ2) is 15.7. The van der Waals surface area contributed by atoms with E-state index in [0.717, 1.165) is 5.25 Å². The largest absolute Gasteiger partial charge is 0.412 e. The van der Waals surface area contributed by atoms with Gasteiger partial charge >= 0.3 is 44.6 Å². The van der Waals surface area contributed by atoms with Gasteiger partial charge in [-0.3, -0.25) is 0 Å². The first-order chi connectivity index (χ1) is 2.77. The second-order valence-electron chi connectivity index (χ2n) is 0.966. The average molecular weight is 199 g/mol. The molecule has 5 nitrogen and oxygen atoms in total. The Bertz CT molecular complexity index is 59.8. The first-order valence-electron chi connectivity index (χ1n) is 1.70. The topological polar surface area (TPSA) is 138 Å². The van der Waals surface area contributed by atoms with Crippen molar-refractivity contribution in [2.45, 2.75) is 11.7 Å². The predicted octanol–water partition coefficient (Wildman–Crippen LogP) is -3.03. The molecule has 0 aliphatic carbocycles. The van der Waals surface area contributed by atoms with E-state index in [1.54, 1.807) is 0 Å². The molecule has 3 radical (unpaired) electrons. The van der Waals surface area contributed by atoms with Gasteiger partial charge in [-0.25, -0.2) is 0 Å². The summed E-state index contributed by atoms with van der Waals surface area (Å²) in [4.78, 5) is 9.82. The minimum atomic E-state index is -0.211. The van der Waals surface area contributed by atoms with Gasteiger partial charge in [0, 0.05) is 0 Å². The molecule has 0 aliphatic rings. The molecule has 0 spiro atoms. The zero-order valence-electron chi connectivity index (χ0n) is 4.90. The number of carbonyl (C=O) groups is 1. The average Bonchev–Trinajstić information content (AvgIpc) is 1.35. The first-order valence-corrected chi connectivity index (χ1v) is 3.18. The number of nitrogens with two attached hydrogens (primary N) is 1. The Kier molecular flexibility index (Phi) is 40.3. The van der Waals surface area contributed by atoms with Crippen LogP contribution in [0.25, 0.3) is 0 Å². The van der Waals surface area contributed by atoms with E-state index in [1.165, 1.54) is 0 Å². The minimum Gasteiger partial charge on any atom is -0.412 e. The van der Waals surface area contributed by atoms with Crippen molar-refractivity contribution in [3.63, 3.8) is 0 Å². The van der Waals surface area contributed by atoms with E-state index in [2.05, 4.69) is 0 Å². The standard InChI is InChI=1S/C3H6GeNO.3H2O/c4-2-1-3(5)6;;;/h1-2H2,(H2,5,6);3*1H2. The molecular weight excluding hydrogens is 187 g/mol. The van der Waals surface area contributed by atoms with Crippen molar-refractivity contribution in [2.75, 3.05) is 0 Å². The van der Waals surface area contributed by atoms with Crippen molar-refractivity contribution >= 4 is 22.4 Å².